The van der Waals surface area contributed by atoms with E-state index in [-0.39, 0.29) is 17.4 Å². The minimum atomic E-state index is -3.70. The summed E-state index contributed by atoms with van der Waals surface area (Å²) in [7, 11) is -3.70. The van der Waals surface area contributed by atoms with Gasteiger partial charge in [-0.2, -0.15) is 4.31 Å². The van der Waals surface area contributed by atoms with Crippen molar-refractivity contribution in [1.29, 1.82) is 0 Å². The fourth-order valence-corrected chi connectivity index (χ4v) is 4.41. The SMILES string of the molecule is C=CCN(C(=O)c1ccc(S(=O)(=O)N2CCCCC2)o1)c1ccccc1. The van der Waals surface area contributed by atoms with Crippen LogP contribution < -0.4 is 4.90 Å². The Labute approximate surface area is 153 Å². The Morgan fingerprint density at radius 3 is 2.46 bits per heavy atom. The number of piperidine rings is 1. The molecule has 26 heavy (non-hydrogen) atoms. The van der Waals surface area contributed by atoms with Gasteiger partial charge >= 0.3 is 0 Å². The van der Waals surface area contributed by atoms with Gasteiger partial charge in [0.05, 0.1) is 0 Å². The first-order valence-corrected chi connectivity index (χ1v) is 10.1. The van der Waals surface area contributed by atoms with Crippen molar-refractivity contribution < 1.29 is 17.6 Å². The Balaban J connectivity index is 1.86. The van der Waals surface area contributed by atoms with E-state index in [0.717, 1.165) is 19.3 Å². The third-order valence-corrected chi connectivity index (χ3v) is 6.10. The molecule has 7 heteroatoms. The average molecular weight is 374 g/mol. The van der Waals surface area contributed by atoms with E-state index in [4.69, 9.17) is 4.42 Å². The number of hydrogen-bond acceptors (Lipinski definition) is 4. The van der Waals surface area contributed by atoms with Crippen molar-refractivity contribution in [3.05, 3.63) is 60.9 Å². The number of para-hydroxylation sites is 1. The summed E-state index contributed by atoms with van der Waals surface area (Å²) in [5.74, 6) is -0.414. The molecule has 6 nitrogen and oxygen atoms in total. The zero-order valence-corrected chi connectivity index (χ0v) is 15.3. The third-order valence-electron chi connectivity index (χ3n) is 4.33. The molecule has 1 saturated heterocycles. The van der Waals surface area contributed by atoms with Gasteiger partial charge in [0, 0.05) is 25.3 Å². The second kappa shape index (κ2) is 7.88. The van der Waals surface area contributed by atoms with Crippen LogP contribution >= 0.6 is 0 Å². The van der Waals surface area contributed by atoms with E-state index >= 15 is 0 Å². The van der Waals surface area contributed by atoms with Crippen LogP contribution in [0.3, 0.4) is 0 Å². The van der Waals surface area contributed by atoms with Crippen LogP contribution in [0.25, 0.3) is 0 Å². The van der Waals surface area contributed by atoms with Gasteiger partial charge in [-0.15, -0.1) is 6.58 Å². The van der Waals surface area contributed by atoms with E-state index in [1.807, 2.05) is 18.2 Å². The maximum Gasteiger partial charge on any atom is 0.294 e. The lowest BCUT2D eigenvalue weighted by Gasteiger charge is -2.24. The minimum absolute atomic E-state index is 0.00807. The van der Waals surface area contributed by atoms with Crippen LogP contribution in [0.5, 0.6) is 0 Å². The highest BCUT2D eigenvalue weighted by Crippen LogP contribution is 2.24. The smallest absolute Gasteiger partial charge is 0.294 e. The fourth-order valence-electron chi connectivity index (χ4n) is 2.98. The number of amides is 1. The topological polar surface area (TPSA) is 70.8 Å². The highest BCUT2D eigenvalue weighted by molar-refractivity contribution is 7.89. The van der Waals surface area contributed by atoms with Crippen molar-refractivity contribution >= 4 is 21.6 Å². The molecule has 138 valence electrons. The standard InChI is InChI=1S/C19H22N2O4S/c1-2-13-21(16-9-5-3-6-10-16)19(22)17-11-12-18(25-17)26(23,24)20-14-7-4-8-15-20/h2-3,5-6,9-12H,1,4,7-8,13-15H2. The van der Waals surface area contributed by atoms with E-state index in [9.17, 15) is 13.2 Å². The summed E-state index contributed by atoms with van der Waals surface area (Å²) in [5, 5.41) is -0.186. The highest BCUT2D eigenvalue weighted by atomic mass is 32.2. The lowest BCUT2D eigenvalue weighted by Crippen LogP contribution is -2.35. The molecule has 2 aromatic rings. The maximum absolute atomic E-state index is 12.8. The molecule has 1 aliphatic rings. The summed E-state index contributed by atoms with van der Waals surface area (Å²) < 4.78 is 32.2. The van der Waals surface area contributed by atoms with Crippen LogP contribution in [0.15, 0.2) is 64.6 Å². The predicted molar refractivity (Wildman–Crippen MR) is 99.6 cm³/mol. The molecule has 0 aliphatic carbocycles. The zero-order chi connectivity index (χ0) is 18.6. The molecule has 0 spiro atoms. The molecule has 0 atom stereocenters. The molecule has 0 N–H and O–H groups in total. The number of nitrogens with zero attached hydrogens (tertiary/aromatic N) is 2. The van der Waals surface area contributed by atoms with Gasteiger partial charge in [0.15, 0.2) is 5.76 Å². The number of hydrogen-bond donors (Lipinski definition) is 0. The van der Waals surface area contributed by atoms with Crippen LogP contribution in [0.1, 0.15) is 29.8 Å². The number of rotatable bonds is 6. The Hall–Kier alpha value is -2.38. The van der Waals surface area contributed by atoms with Gasteiger partial charge in [0.25, 0.3) is 15.9 Å². The zero-order valence-electron chi connectivity index (χ0n) is 14.5. The van der Waals surface area contributed by atoms with Gasteiger partial charge in [-0.05, 0) is 37.1 Å². The molecule has 1 aliphatic heterocycles. The fraction of sp³-hybridized carbons (Fsp3) is 0.316. The summed E-state index contributed by atoms with van der Waals surface area (Å²) >= 11 is 0. The van der Waals surface area contributed by atoms with Crippen LogP contribution in [0.2, 0.25) is 0 Å². The van der Waals surface area contributed by atoms with Crippen molar-refractivity contribution in [2.75, 3.05) is 24.5 Å². The molecule has 0 saturated carbocycles. The summed E-state index contributed by atoms with van der Waals surface area (Å²) in [5.41, 5.74) is 0.689. The number of sulfonamides is 1. The summed E-state index contributed by atoms with van der Waals surface area (Å²) in [6, 6.07) is 11.9. The normalized spacial score (nSPS) is 15.5. The monoisotopic (exact) mass is 374 g/mol. The largest absolute Gasteiger partial charge is 0.438 e. The van der Waals surface area contributed by atoms with Gasteiger partial charge in [-0.1, -0.05) is 30.7 Å². The molecule has 0 bridgehead atoms. The second-order valence-corrected chi connectivity index (χ2v) is 7.99. The molecule has 1 amide bonds. The quantitative estimate of drug-likeness (QED) is 0.728. The van der Waals surface area contributed by atoms with Gasteiger partial charge in [0.1, 0.15) is 0 Å². The summed E-state index contributed by atoms with van der Waals surface area (Å²) in [6.07, 6.45) is 4.32. The first-order valence-electron chi connectivity index (χ1n) is 8.62. The lowest BCUT2D eigenvalue weighted by molar-refractivity contribution is 0.0957. The first-order chi connectivity index (χ1) is 12.5. The van der Waals surface area contributed by atoms with Crippen molar-refractivity contribution in [2.45, 2.75) is 24.4 Å². The van der Waals surface area contributed by atoms with Crippen LogP contribution in [-0.4, -0.2) is 38.3 Å². The number of furan rings is 1. The molecule has 3 rings (SSSR count). The van der Waals surface area contributed by atoms with Crippen molar-refractivity contribution in [3.8, 4) is 0 Å². The number of carbonyl (C=O) groups is 1. The summed E-state index contributed by atoms with van der Waals surface area (Å²) in [6.45, 7) is 4.94. The van der Waals surface area contributed by atoms with Crippen LogP contribution in [-0.2, 0) is 10.0 Å². The first kappa shape index (κ1) is 18.4. The van der Waals surface area contributed by atoms with Crippen LogP contribution in [0.4, 0.5) is 5.69 Å². The number of benzene rings is 1. The van der Waals surface area contributed by atoms with Gasteiger partial charge in [0.2, 0.25) is 5.09 Å². The van der Waals surface area contributed by atoms with E-state index < -0.39 is 15.9 Å². The van der Waals surface area contributed by atoms with E-state index in [1.54, 1.807) is 18.2 Å². The molecule has 1 aromatic carbocycles. The maximum atomic E-state index is 12.8. The Morgan fingerprint density at radius 1 is 1.12 bits per heavy atom. The van der Waals surface area contributed by atoms with E-state index in [1.165, 1.54) is 21.3 Å². The molecule has 0 radical (unpaired) electrons. The van der Waals surface area contributed by atoms with E-state index in [2.05, 4.69) is 6.58 Å². The molecular weight excluding hydrogens is 352 g/mol. The Morgan fingerprint density at radius 2 is 1.81 bits per heavy atom. The average Bonchev–Trinajstić information content (AvgIpc) is 3.18. The number of anilines is 1. The van der Waals surface area contributed by atoms with Crippen molar-refractivity contribution in [2.24, 2.45) is 0 Å². The van der Waals surface area contributed by atoms with Crippen molar-refractivity contribution in [3.63, 3.8) is 0 Å². The molecule has 2 heterocycles. The minimum Gasteiger partial charge on any atom is -0.438 e. The van der Waals surface area contributed by atoms with Gasteiger partial charge < -0.3 is 9.32 Å². The molecule has 1 fully saturated rings. The highest BCUT2D eigenvalue weighted by Gasteiger charge is 2.30. The summed E-state index contributed by atoms with van der Waals surface area (Å²) in [4.78, 5) is 14.3. The molecular formula is C19H22N2O4S. The Bertz CT molecular complexity index is 868. The number of carbonyl (C=O) groups excluding carboxylic acids is 1. The van der Waals surface area contributed by atoms with Crippen LogP contribution in [0, 0.1) is 0 Å². The van der Waals surface area contributed by atoms with E-state index in [0.29, 0.717) is 18.8 Å². The third kappa shape index (κ3) is 3.73. The Kier molecular flexibility index (Phi) is 5.58. The second-order valence-electron chi connectivity index (χ2n) is 6.12. The van der Waals surface area contributed by atoms with Gasteiger partial charge in [-0.3, -0.25) is 4.79 Å². The lowest BCUT2D eigenvalue weighted by atomic mass is 10.2. The molecule has 0 unspecified atom stereocenters. The van der Waals surface area contributed by atoms with Gasteiger partial charge in [-0.25, -0.2) is 8.42 Å². The van der Waals surface area contributed by atoms with Crippen molar-refractivity contribution in [1.82, 2.24) is 4.31 Å². The molecule has 1 aromatic heterocycles. The predicted octanol–water partition coefficient (Wildman–Crippen LogP) is 3.29.